The van der Waals surface area contributed by atoms with Crippen LogP contribution in [0.3, 0.4) is 0 Å². The van der Waals surface area contributed by atoms with Crippen molar-refractivity contribution in [2.24, 2.45) is 5.92 Å². The number of piperidine rings is 1. The lowest BCUT2D eigenvalue weighted by Gasteiger charge is -2.27. The third-order valence-electron chi connectivity index (χ3n) is 5.40. The number of carbonyl (C=O) groups excluding carboxylic acids is 1. The quantitative estimate of drug-likeness (QED) is 0.890. The summed E-state index contributed by atoms with van der Waals surface area (Å²) in [6.07, 6.45) is 3.90. The summed E-state index contributed by atoms with van der Waals surface area (Å²) in [6.45, 7) is 2.63. The van der Waals surface area contributed by atoms with E-state index in [9.17, 15) is 4.79 Å². The van der Waals surface area contributed by atoms with Gasteiger partial charge in [0.25, 0.3) is 0 Å². The molecule has 2 aromatic carbocycles. The molecule has 0 aromatic heterocycles. The summed E-state index contributed by atoms with van der Waals surface area (Å²) in [5.74, 6) is 1.24. The summed E-state index contributed by atoms with van der Waals surface area (Å²) in [5, 5.41) is 6.65. The van der Waals surface area contributed by atoms with Crippen molar-refractivity contribution in [3.8, 4) is 5.75 Å². The Morgan fingerprint density at radius 1 is 1.08 bits per heavy atom. The van der Waals surface area contributed by atoms with Gasteiger partial charge in [-0.3, -0.25) is 4.79 Å². The summed E-state index contributed by atoms with van der Waals surface area (Å²) in [7, 11) is 0. The van der Waals surface area contributed by atoms with Gasteiger partial charge in [-0.05, 0) is 67.6 Å². The maximum atomic E-state index is 12.9. The SMILES string of the molecule is O=C(NC(c1ccccc1)c1ccc2c(c1)CCCO2)C1CCNCC1. The molecule has 0 spiro atoms. The van der Waals surface area contributed by atoms with Crippen LogP contribution in [0.1, 0.15) is 42.0 Å². The van der Waals surface area contributed by atoms with E-state index in [2.05, 4.69) is 41.0 Å². The predicted octanol–water partition coefficient (Wildman–Crippen LogP) is 3.22. The first-order valence-corrected chi connectivity index (χ1v) is 9.63. The molecule has 1 fully saturated rings. The smallest absolute Gasteiger partial charge is 0.223 e. The van der Waals surface area contributed by atoms with Crippen molar-refractivity contribution < 1.29 is 9.53 Å². The van der Waals surface area contributed by atoms with Crippen molar-refractivity contribution in [1.29, 1.82) is 0 Å². The number of aryl methyl sites for hydroxylation is 1. The average molecular weight is 350 g/mol. The molecule has 1 saturated heterocycles. The van der Waals surface area contributed by atoms with Crippen LogP contribution in [0.25, 0.3) is 0 Å². The summed E-state index contributed by atoms with van der Waals surface area (Å²) in [5.41, 5.74) is 3.49. The Morgan fingerprint density at radius 2 is 1.88 bits per heavy atom. The number of nitrogens with one attached hydrogen (secondary N) is 2. The molecule has 1 unspecified atom stereocenters. The van der Waals surface area contributed by atoms with Crippen LogP contribution in [-0.4, -0.2) is 25.6 Å². The monoisotopic (exact) mass is 350 g/mol. The molecule has 136 valence electrons. The number of fused-ring (bicyclic) bond motifs is 1. The molecule has 2 heterocycles. The second-order valence-corrected chi connectivity index (χ2v) is 7.20. The number of benzene rings is 2. The van der Waals surface area contributed by atoms with Crippen LogP contribution in [0.15, 0.2) is 48.5 Å². The van der Waals surface area contributed by atoms with Crippen LogP contribution in [0.5, 0.6) is 5.75 Å². The first-order chi connectivity index (χ1) is 12.8. The van der Waals surface area contributed by atoms with E-state index in [0.717, 1.165) is 62.3 Å². The molecule has 26 heavy (non-hydrogen) atoms. The van der Waals surface area contributed by atoms with Crippen molar-refractivity contribution in [2.75, 3.05) is 19.7 Å². The highest BCUT2D eigenvalue weighted by Crippen LogP contribution is 2.30. The van der Waals surface area contributed by atoms with E-state index in [4.69, 9.17) is 4.74 Å². The minimum atomic E-state index is -0.120. The molecule has 2 aromatic rings. The van der Waals surface area contributed by atoms with Crippen molar-refractivity contribution in [3.63, 3.8) is 0 Å². The molecule has 2 N–H and O–H groups in total. The lowest BCUT2D eigenvalue weighted by molar-refractivity contribution is -0.126. The van der Waals surface area contributed by atoms with Gasteiger partial charge in [-0.25, -0.2) is 0 Å². The fourth-order valence-electron chi connectivity index (χ4n) is 3.91. The molecule has 0 aliphatic carbocycles. The summed E-state index contributed by atoms with van der Waals surface area (Å²) >= 11 is 0. The topological polar surface area (TPSA) is 50.4 Å². The number of rotatable bonds is 4. The highest BCUT2D eigenvalue weighted by Gasteiger charge is 2.25. The lowest BCUT2D eigenvalue weighted by atomic mass is 9.92. The summed E-state index contributed by atoms with van der Waals surface area (Å²) < 4.78 is 5.75. The van der Waals surface area contributed by atoms with Gasteiger partial charge in [-0.1, -0.05) is 36.4 Å². The molecule has 4 rings (SSSR count). The number of amides is 1. The molecular weight excluding hydrogens is 324 g/mol. The van der Waals surface area contributed by atoms with Gasteiger partial charge in [-0.15, -0.1) is 0 Å². The Bertz CT molecular complexity index is 754. The fourth-order valence-corrected chi connectivity index (χ4v) is 3.91. The molecule has 0 radical (unpaired) electrons. The maximum absolute atomic E-state index is 12.9. The predicted molar refractivity (Wildman–Crippen MR) is 102 cm³/mol. The summed E-state index contributed by atoms with van der Waals surface area (Å²) in [4.78, 5) is 12.9. The van der Waals surface area contributed by atoms with Crippen LogP contribution >= 0.6 is 0 Å². The molecule has 0 saturated carbocycles. The fraction of sp³-hybridized carbons (Fsp3) is 0.409. The van der Waals surface area contributed by atoms with Gasteiger partial charge in [0.05, 0.1) is 12.6 Å². The Labute approximate surface area is 155 Å². The largest absolute Gasteiger partial charge is 0.493 e. The number of hydrogen-bond acceptors (Lipinski definition) is 3. The minimum Gasteiger partial charge on any atom is -0.493 e. The third kappa shape index (κ3) is 3.75. The third-order valence-corrected chi connectivity index (χ3v) is 5.40. The van der Waals surface area contributed by atoms with Crippen LogP contribution in [0.2, 0.25) is 0 Å². The highest BCUT2D eigenvalue weighted by molar-refractivity contribution is 5.79. The van der Waals surface area contributed by atoms with E-state index < -0.39 is 0 Å². The van der Waals surface area contributed by atoms with Gasteiger partial charge in [0.15, 0.2) is 0 Å². The molecule has 0 bridgehead atoms. The van der Waals surface area contributed by atoms with Gasteiger partial charge in [-0.2, -0.15) is 0 Å². The van der Waals surface area contributed by atoms with Crippen LogP contribution in [0, 0.1) is 5.92 Å². The molecular formula is C22H26N2O2. The van der Waals surface area contributed by atoms with Crippen LogP contribution in [0.4, 0.5) is 0 Å². The second-order valence-electron chi connectivity index (χ2n) is 7.20. The Hall–Kier alpha value is -2.33. The van der Waals surface area contributed by atoms with E-state index in [1.807, 2.05) is 18.2 Å². The molecule has 1 atom stereocenters. The average Bonchev–Trinajstić information content (AvgIpc) is 2.73. The zero-order chi connectivity index (χ0) is 17.8. The number of ether oxygens (including phenoxy) is 1. The van der Waals surface area contributed by atoms with Gasteiger partial charge in [0.2, 0.25) is 5.91 Å². The normalized spacial score (nSPS) is 18.5. The van der Waals surface area contributed by atoms with Gasteiger partial charge in [0.1, 0.15) is 5.75 Å². The summed E-state index contributed by atoms with van der Waals surface area (Å²) in [6, 6.07) is 16.5. The molecule has 2 aliphatic heterocycles. The van der Waals surface area contributed by atoms with Crippen molar-refractivity contribution in [1.82, 2.24) is 10.6 Å². The minimum absolute atomic E-state index is 0.100. The zero-order valence-corrected chi connectivity index (χ0v) is 15.0. The van der Waals surface area contributed by atoms with Crippen molar-refractivity contribution in [2.45, 2.75) is 31.7 Å². The Kier molecular flexibility index (Phi) is 5.21. The van der Waals surface area contributed by atoms with Crippen LogP contribution in [-0.2, 0) is 11.2 Å². The van der Waals surface area contributed by atoms with E-state index in [-0.39, 0.29) is 17.9 Å². The standard InChI is InChI=1S/C22H26N2O2/c25-22(17-10-12-23-13-11-17)24-21(16-5-2-1-3-6-16)19-8-9-20-18(15-19)7-4-14-26-20/h1-3,5-6,8-9,15,17,21,23H,4,7,10-14H2,(H,24,25). The second kappa shape index (κ2) is 7.92. The Balaban J connectivity index is 1.62. The Morgan fingerprint density at radius 3 is 2.69 bits per heavy atom. The molecule has 4 heteroatoms. The zero-order valence-electron chi connectivity index (χ0n) is 15.0. The number of hydrogen-bond donors (Lipinski definition) is 2. The van der Waals surface area contributed by atoms with Gasteiger partial charge in [0, 0.05) is 5.92 Å². The number of carbonyl (C=O) groups is 1. The molecule has 2 aliphatic rings. The lowest BCUT2D eigenvalue weighted by Crippen LogP contribution is -2.40. The van der Waals surface area contributed by atoms with E-state index in [0.29, 0.717) is 0 Å². The van der Waals surface area contributed by atoms with Gasteiger partial charge < -0.3 is 15.4 Å². The van der Waals surface area contributed by atoms with E-state index in [1.54, 1.807) is 0 Å². The molecule has 1 amide bonds. The van der Waals surface area contributed by atoms with E-state index in [1.165, 1.54) is 5.56 Å². The van der Waals surface area contributed by atoms with Gasteiger partial charge >= 0.3 is 0 Å². The maximum Gasteiger partial charge on any atom is 0.223 e. The van der Waals surface area contributed by atoms with Crippen molar-refractivity contribution >= 4 is 5.91 Å². The van der Waals surface area contributed by atoms with E-state index >= 15 is 0 Å². The molecule has 4 nitrogen and oxygen atoms in total. The van der Waals surface area contributed by atoms with Crippen LogP contribution < -0.4 is 15.4 Å². The van der Waals surface area contributed by atoms with Crippen molar-refractivity contribution in [3.05, 3.63) is 65.2 Å². The first-order valence-electron chi connectivity index (χ1n) is 9.63. The first kappa shape index (κ1) is 17.1. The highest BCUT2D eigenvalue weighted by atomic mass is 16.5.